The van der Waals surface area contributed by atoms with Gasteiger partial charge in [-0.15, -0.1) is 11.3 Å². The summed E-state index contributed by atoms with van der Waals surface area (Å²) < 4.78 is 6.84. The molecule has 1 aliphatic heterocycles. The van der Waals surface area contributed by atoms with E-state index in [0.29, 0.717) is 18.1 Å². The van der Waals surface area contributed by atoms with Crippen molar-refractivity contribution < 1.29 is 4.74 Å². The van der Waals surface area contributed by atoms with Crippen LogP contribution in [0, 0.1) is 5.92 Å². The van der Waals surface area contributed by atoms with Crippen LogP contribution in [0.4, 0.5) is 0 Å². The van der Waals surface area contributed by atoms with E-state index in [9.17, 15) is 0 Å². The van der Waals surface area contributed by atoms with Gasteiger partial charge in [-0.2, -0.15) is 0 Å². The Morgan fingerprint density at radius 2 is 2.50 bits per heavy atom. The van der Waals surface area contributed by atoms with E-state index in [1.54, 1.807) is 0 Å². The van der Waals surface area contributed by atoms with Gasteiger partial charge in [-0.25, -0.2) is 0 Å². The van der Waals surface area contributed by atoms with Gasteiger partial charge in [-0.1, -0.05) is 0 Å². The Morgan fingerprint density at radius 1 is 1.69 bits per heavy atom. The monoisotopic (exact) mass is 303 g/mol. The molecule has 0 saturated carbocycles. The topological polar surface area (TPSA) is 21.3 Å². The van der Waals surface area contributed by atoms with Crippen molar-refractivity contribution >= 4 is 27.3 Å². The molecule has 16 heavy (non-hydrogen) atoms. The molecule has 1 aliphatic rings. The van der Waals surface area contributed by atoms with E-state index in [0.717, 1.165) is 13.0 Å². The van der Waals surface area contributed by atoms with Crippen molar-refractivity contribution in [3.8, 4) is 0 Å². The molecule has 1 N–H and O–H groups in total. The third kappa shape index (κ3) is 2.86. The quantitative estimate of drug-likeness (QED) is 0.923. The molecule has 1 saturated heterocycles. The Bertz CT molecular complexity index is 342. The first kappa shape index (κ1) is 12.6. The average Bonchev–Trinajstić information content (AvgIpc) is 2.84. The highest BCUT2D eigenvalue weighted by Crippen LogP contribution is 2.28. The van der Waals surface area contributed by atoms with Crippen LogP contribution < -0.4 is 5.32 Å². The number of likely N-dealkylation sites (N-methyl/N-ethyl adjacent to an activating group) is 1. The lowest BCUT2D eigenvalue weighted by Gasteiger charge is -2.24. The number of thiophene rings is 1. The van der Waals surface area contributed by atoms with Crippen LogP contribution in [-0.4, -0.2) is 25.8 Å². The fraction of sp³-hybridized carbons (Fsp3) is 0.667. The Hall–Kier alpha value is 0.1000. The number of rotatable bonds is 4. The second-order valence-corrected chi connectivity index (χ2v) is 6.27. The molecule has 0 amide bonds. The molecule has 0 aliphatic carbocycles. The van der Waals surface area contributed by atoms with Crippen LogP contribution in [-0.2, 0) is 11.2 Å². The summed E-state index contributed by atoms with van der Waals surface area (Å²) in [6, 6.07) is 2.75. The highest BCUT2D eigenvalue weighted by Gasteiger charge is 2.31. The number of nitrogens with one attached hydrogen (secondary N) is 1. The summed E-state index contributed by atoms with van der Waals surface area (Å²) >= 11 is 5.33. The van der Waals surface area contributed by atoms with E-state index in [1.807, 2.05) is 11.3 Å². The fourth-order valence-electron chi connectivity index (χ4n) is 2.42. The summed E-state index contributed by atoms with van der Waals surface area (Å²) in [4.78, 5) is 1.44. The van der Waals surface area contributed by atoms with Gasteiger partial charge in [-0.3, -0.25) is 0 Å². The largest absolute Gasteiger partial charge is 0.378 e. The van der Waals surface area contributed by atoms with Crippen molar-refractivity contribution in [3.63, 3.8) is 0 Å². The SMILES string of the molecule is CNC(Cc1cc(Br)cs1)C1CCOC1C. The van der Waals surface area contributed by atoms with Crippen LogP contribution in [0.15, 0.2) is 15.9 Å². The van der Waals surface area contributed by atoms with E-state index < -0.39 is 0 Å². The predicted octanol–water partition coefficient (Wildman–Crippen LogP) is 3.07. The van der Waals surface area contributed by atoms with E-state index in [1.165, 1.54) is 15.8 Å². The minimum absolute atomic E-state index is 0.390. The number of halogens is 1. The summed E-state index contributed by atoms with van der Waals surface area (Å²) in [5.74, 6) is 0.644. The molecule has 2 heterocycles. The van der Waals surface area contributed by atoms with E-state index in [2.05, 4.69) is 46.7 Å². The van der Waals surface area contributed by atoms with Gasteiger partial charge in [0.05, 0.1) is 6.10 Å². The highest BCUT2D eigenvalue weighted by atomic mass is 79.9. The Kier molecular flexibility index (Phi) is 4.41. The lowest BCUT2D eigenvalue weighted by Crippen LogP contribution is -2.38. The Morgan fingerprint density at radius 3 is 3.00 bits per heavy atom. The second-order valence-electron chi connectivity index (χ2n) is 4.36. The zero-order chi connectivity index (χ0) is 11.5. The standard InChI is InChI=1S/C12H18BrNOS/c1-8-11(3-4-15-8)12(14-2)6-10-5-9(13)7-16-10/h5,7-8,11-12,14H,3-4,6H2,1-2H3. The van der Waals surface area contributed by atoms with Gasteiger partial charge in [0.1, 0.15) is 0 Å². The van der Waals surface area contributed by atoms with Crippen molar-refractivity contribution in [1.29, 1.82) is 0 Å². The molecule has 0 radical (unpaired) electrons. The number of hydrogen-bond acceptors (Lipinski definition) is 3. The van der Waals surface area contributed by atoms with Gasteiger partial charge in [0.25, 0.3) is 0 Å². The van der Waals surface area contributed by atoms with E-state index >= 15 is 0 Å². The van der Waals surface area contributed by atoms with Crippen molar-refractivity contribution in [3.05, 3.63) is 20.8 Å². The first-order valence-corrected chi connectivity index (χ1v) is 7.39. The van der Waals surface area contributed by atoms with Crippen LogP contribution in [0.3, 0.4) is 0 Å². The molecule has 90 valence electrons. The number of ether oxygens (including phenoxy) is 1. The van der Waals surface area contributed by atoms with Gasteiger partial charge in [0.15, 0.2) is 0 Å². The normalized spacial score (nSPS) is 27.2. The molecule has 2 rings (SSSR count). The van der Waals surface area contributed by atoms with Crippen LogP contribution in [0.5, 0.6) is 0 Å². The molecule has 1 aromatic rings. The maximum atomic E-state index is 5.65. The zero-order valence-corrected chi connectivity index (χ0v) is 12.1. The van der Waals surface area contributed by atoms with Crippen molar-refractivity contribution in [2.45, 2.75) is 31.9 Å². The number of hydrogen-bond donors (Lipinski definition) is 1. The first-order valence-electron chi connectivity index (χ1n) is 5.72. The molecule has 0 bridgehead atoms. The fourth-order valence-corrected chi connectivity index (χ4v) is 3.93. The molecule has 1 fully saturated rings. The maximum absolute atomic E-state index is 5.65. The minimum atomic E-state index is 0.390. The van der Waals surface area contributed by atoms with Gasteiger partial charge < -0.3 is 10.1 Å². The third-order valence-corrected chi connectivity index (χ3v) is 5.09. The average molecular weight is 304 g/mol. The van der Waals surface area contributed by atoms with Crippen LogP contribution in [0.2, 0.25) is 0 Å². The molecule has 0 aromatic carbocycles. The van der Waals surface area contributed by atoms with Crippen LogP contribution in [0.1, 0.15) is 18.2 Å². The van der Waals surface area contributed by atoms with Gasteiger partial charge >= 0.3 is 0 Å². The molecule has 1 aromatic heterocycles. The molecular formula is C12H18BrNOS. The summed E-state index contributed by atoms with van der Waals surface area (Å²) in [5, 5.41) is 5.59. The second kappa shape index (κ2) is 5.63. The maximum Gasteiger partial charge on any atom is 0.0590 e. The summed E-state index contributed by atoms with van der Waals surface area (Å²) in [6.07, 6.45) is 2.67. The van der Waals surface area contributed by atoms with Crippen LogP contribution in [0.25, 0.3) is 0 Å². The summed E-state index contributed by atoms with van der Waals surface area (Å²) in [6.45, 7) is 3.10. The Balaban J connectivity index is 2.00. The highest BCUT2D eigenvalue weighted by molar-refractivity contribution is 9.10. The third-order valence-electron chi connectivity index (χ3n) is 3.37. The molecule has 3 unspecified atom stereocenters. The summed E-state index contributed by atoms with van der Waals surface area (Å²) in [7, 11) is 2.05. The smallest absolute Gasteiger partial charge is 0.0590 e. The first-order chi connectivity index (χ1) is 7.70. The van der Waals surface area contributed by atoms with Crippen molar-refractivity contribution in [2.24, 2.45) is 5.92 Å². The van der Waals surface area contributed by atoms with Crippen molar-refractivity contribution in [2.75, 3.05) is 13.7 Å². The molecule has 0 spiro atoms. The van der Waals surface area contributed by atoms with Crippen LogP contribution >= 0.6 is 27.3 Å². The zero-order valence-electron chi connectivity index (χ0n) is 9.70. The minimum Gasteiger partial charge on any atom is -0.378 e. The molecule has 3 atom stereocenters. The molecule has 4 heteroatoms. The van der Waals surface area contributed by atoms with E-state index in [4.69, 9.17) is 4.74 Å². The van der Waals surface area contributed by atoms with Gasteiger partial charge in [0, 0.05) is 33.3 Å². The Labute approximate surface area is 110 Å². The lowest BCUT2D eigenvalue weighted by molar-refractivity contribution is 0.0964. The molecular weight excluding hydrogens is 286 g/mol. The lowest BCUT2D eigenvalue weighted by atomic mass is 9.91. The summed E-state index contributed by atoms with van der Waals surface area (Å²) in [5.41, 5.74) is 0. The van der Waals surface area contributed by atoms with E-state index in [-0.39, 0.29) is 0 Å². The van der Waals surface area contributed by atoms with Gasteiger partial charge in [0.2, 0.25) is 0 Å². The molecule has 2 nitrogen and oxygen atoms in total. The van der Waals surface area contributed by atoms with Gasteiger partial charge in [-0.05, 0) is 48.8 Å². The predicted molar refractivity (Wildman–Crippen MR) is 72.1 cm³/mol. The van der Waals surface area contributed by atoms with Crippen molar-refractivity contribution in [1.82, 2.24) is 5.32 Å².